The van der Waals surface area contributed by atoms with Crippen LogP contribution in [0.3, 0.4) is 0 Å². The molecular weight excluding hydrogens is 453 g/mol. The Balaban J connectivity index is 1.66. The zero-order valence-electron chi connectivity index (χ0n) is 17.5. The highest BCUT2D eigenvalue weighted by Crippen LogP contribution is 2.33. The predicted molar refractivity (Wildman–Crippen MR) is 114 cm³/mol. The maximum absolute atomic E-state index is 13.5. The van der Waals surface area contributed by atoms with Gasteiger partial charge in [0.25, 0.3) is 5.91 Å². The van der Waals surface area contributed by atoms with E-state index < -0.39 is 46.2 Å². The average molecular weight is 475 g/mol. The second-order valence-corrected chi connectivity index (χ2v) is 9.78. The number of benzene rings is 2. The third kappa shape index (κ3) is 4.39. The van der Waals surface area contributed by atoms with Crippen LogP contribution < -0.4 is 5.32 Å². The number of aliphatic hydroxyl groups excluding tert-OH is 1. The van der Waals surface area contributed by atoms with Crippen LogP contribution in [0.1, 0.15) is 34.3 Å². The van der Waals surface area contributed by atoms with Crippen molar-refractivity contribution in [3.8, 4) is 0 Å². The maximum Gasteiger partial charge on any atom is 0.255 e. The molecule has 4 rings (SSSR count). The second-order valence-electron chi connectivity index (χ2n) is 7.87. The van der Waals surface area contributed by atoms with E-state index in [-0.39, 0.29) is 48.5 Å². The van der Waals surface area contributed by atoms with E-state index in [1.165, 1.54) is 47.4 Å². The lowest BCUT2D eigenvalue weighted by atomic mass is 10.0. The van der Waals surface area contributed by atoms with Gasteiger partial charge in [0.15, 0.2) is 0 Å². The number of amides is 3. The number of nitrogens with zero attached hydrogens (tertiary/aromatic N) is 2. The van der Waals surface area contributed by atoms with Gasteiger partial charge in [0, 0.05) is 37.2 Å². The summed E-state index contributed by atoms with van der Waals surface area (Å²) in [6.07, 6.45) is 0.247. The molecule has 0 aliphatic carbocycles. The number of halogens is 1. The number of rotatable bonds is 7. The molecule has 9 nitrogen and oxygen atoms in total. The van der Waals surface area contributed by atoms with Gasteiger partial charge in [0.05, 0.1) is 11.5 Å². The summed E-state index contributed by atoms with van der Waals surface area (Å²) in [5, 5.41) is 11.7. The molecule has 1 fully saturated rings. The summed E-state index contributed by atoms with van der Waals surface area (Å²) < 4.78 is 41.4. The molecule has 11 heteroatoms. The van der Waals surface area contributed by atoms with Crippen molar-refractivity contribution >= 4 is 27.7 Å². The van der Waals surface area contributed by atoms with Crippen LogP contribution in [0, 0.1) is 5.82 Å². The molecule has 2 N–H and O–H groups in total. The number of aliphatic hydroxyl groups is 1. The van der Waals surface area contributed by atoms with E-state index in [0.29, 0.717) is 5.56 Å². The van der Waals surface area contributed by atoms with Crippen LogP contribution in [0.25, 0.3) is 0 Å². The Morgan fingerprint density at radius 1 is 1.12 bits per heavy atom. The quantitative estimate of drug-likeness (QED) is 0.570. The van der Waals surface area contributed by atoms with Crippen LogP contribution in [0.5, 0.6) is 0 Å². The van der Waals surface area contributed by atoms with Crippen LogP contribution in [0.4, 0.5) is 4.39 Å². The van der Waals surface area contributed by atoms with Crippen LogP contribution in [-0.2, 0) is 32.7 Å². The van der Waals surface area contributed by atoms with Crippen molar-refractivity contribution in [3.63, 3.8) is 0 Å². The molecule has 1 atom stereocenters. The summed E-state index contributed by atoms with van der Waals surface area (Å²) in [4.78, 5) is 37.9. The molecule has 1 saturated heterocycles. The van der Waals surface area contributed by atoms with Crippen molar-refractivity contribution in [2.45, 2.75) is 36.9 Å². The Morgan fingerprint density at radius 2 is 1.85 bits per heavy atom. The van der Waals surface area contributed by atoms with E-state index in [1.807, 2.05) is 0 Å². The van der Waals surface area contributed by atoms with Crippen molar-refractivity contribution < 1.29 is 32.3 Å². The molecule has 0 bridgehead atoms. The van der Waals surface area contributed by atoms with Gasteiger partial charge < -0.3 is 10.0 Å². The van der Waals surface area contributed by atoms with Crippen molar-refractivity contribution in [1.82, 2.24) is 14.5 Å². The molecule has 2 aromatic rings. The number of sulfonamides is 1. The normalized spacial score (nSPS) is 18.6. The summed E-state index contributed by atoms with van der Waals surface area (Å²) >= 11 is 0. The fraction of sp³-hybridized carbons (Fsp3) is 0.318. The molecule has 33 heavy (non-hydrogen) atoms. The van der Waals surface area contributed by atoms with E-state index in [2.05, 4.69) is 5.32 Å². The van der Waals surface area contributed by atoms with Gasteiger partial charge in [-0.15, -0.1) is 0 Å². The molecule has 0 spiro atoms. The predicted octanol–water partition coefficient (Wildman–Crippen LogP) is 0.770. The highest BCUT2D eigenvalue weighted by atomic mass is 32.2. The number of carbonyl (C=O) groups is 3. The van der Waals surface area contributed by atoms with E-state index >= 15 is 0 Å². The largest absolute Gasteiger partial charge is 0.395 e. The van der Waals surface area contributed by atoms with Gasteiger partial charge >= 0.3 is 0 Å². The number of hydrogen-bond acceptors (Lipinski definition) is 6. The SMILES string of the molecule is O=C1CCC(N2Cc3c(cccc3S(=O)(=O)N(CCO)Cc3ccc(F)cc3)C2=O)C(=O)N1. The third-order valence-corrected chi connectivity index (χ3v) is 7.71. The highest BCUT2D eigenvalue weighted by Gasteiger charge is 2.41. The molecule has 2 aliphatic rings. The number of fused-ring (bicyclic) bond motifs is 1. The first-order chi connectivity index (χ1) is 15.7. The van der Waals surface area contributed by atoms with Gasteiger partial charge in [-0.25, -0.2) is 12.8 Å². The number of nitrogens with one attached hydrogen (secondary N) is 1. The molecule has 1 unspecified atom stereocenters. The first-order valence-electron chi connectivity index (χ1n) is 10.3. The Bertz CT molecular complexity index is 1220. The zero-order valence-corrected chi connectivity index (χ0v) is 18.3. The Labute approximate surface area is 189 Å². The van der Waals surface area contributed by atoms with Crippen molar-refractivity contribution in [2.75, 3.05) is 13.2 Å². The molecule has 0 aromatic heterocycles. The average Bonchev–Trinajstić information content (AvgIpc) is 3.11. The summed E-state index contributed by atoms with van der Waals surface area (Å²) in [5.41, 5.74) is 0.961. The summed E-state index contributed by atoms with van der Waals surface area (Å²) in [5.74, 6) is -1.94. The minimum Gasteiger partial charge on any atom is -0.395 e. The van der Waals surface area contributed by atoms with Crippen molar-refractivity contribution in [1.29, 1.82) is 0 Å². The van der Waals surface area contributed by atoms with E-state index in [1.54, 1.807) is 0 Å². The van der Waals surface area contributed by atoms with Gasteiger partial charge in [0.1, 0.15) is 11.9 Å². The van der Waals surface area contributed by atoms with Crippen molar-refractivity contribution in [2.24, 2.45) is 0 Å². The molecule has 3 amide bonds. The molecule has 2 aromatic carbocycles. The monoisotopic (exact) mass is 475 g/mol. The summed E-state index contributed by atoms with van der Waals surface area (Å²) in [6.45, 7) is -0.831. The Kier molecular flexibility index (Phi) is 6.28. The van der Waals surface area contributed by atoms with Crippen LogP contribution in [0.2, 0.25) is 0 Å². The van der Waals surface area contributed by atoms with Gasteiger partial charge in [-0.2, -0.15) is 4.31 Å². The van der Waals surface area contributed by atoms with Crippen LogP contribution >= 0.6 is 0 Å². The lowest BCUT2D eigenvalue weighted by Gasteiger charge is -2.29. The van der Waals surface area contributed by atoms with Gasteiger partial charge in [-0.3, -0.25) is 19.7 Å². The number of imide groups is 1. The number of hydrogen-bond donors (Lipinski definition) is 2. The summed E-state index contributed by atoms with van der Waals surface area (Å²) in [7, 11) is -4.15. The standard InChI is InChI=1S/C22H22FN3O6S/c23-15-6-4-14(5-7-15)12-25(10-11-27)33(31,32)19-3-1-2-16-17(19)13-26(22(16)30)18-8-9-20(28)24-21(18)29/h1-7,18,27H,8-13H2,(H,24,28,29). The van der Waals surface area contributed by atoms with Gasteiger partial charge in [0.2, 0.25) is 21.8 Å². The first-order valence-corrected chi connectivity index (χ1v) is 11.8. The Hall–Kier alpha value is -3.15. The zero-order chi connectivity index (χ0) is 23.8. The van der Waals surface area contributed by atoms with Crippen LogP contribution in [0.15, 0.2) is 47.4 Å². The molecule has 2 heterocycles. The summed E-state index contributed by atoms with van der Waals surface area (Å²) in [6, 6.07) is 8.81. The van der Waals surface area contributed by atoms with Gasteiger partial charge in [-0.05, 0) is 36.2 Å². The molecular formula is C22H22FN3O6S. The topological polar surface area (TPSA) is 124 Å². The number of carbonyl (C=O) groups excluding carboxylic acids is 3. The molecule has 0 radical (unpaired) electrons. The molecule has 174 valence electrons. The minimum absolute atomic E-state index is 0.0869. The molecule has 2 aliphatic heterocycles. The smallest absolute Gasteiger partial charge is 0.255 e. The second kappa shape index (κ2) is 9.00. The maximum atomic E-state index is 13.5. The number of piperidine rings is 1. The lowest BCUT2D eigenvalue weighted by molar-refractivity contribution is -0.136. The Morgan fingerprint density at radius 3 is 2.52 bits per heavy atom. The van der Waals surface area contributed by atoms with Crippen molar-refractivity contribution in [3.05, 3.63) is 65.0 Å². The first kappa shape index (κ1) is 23.0. The van der Waals surface area contributed by atoms with E-state index in [0.717, 1.165) is 4.31 Å². The third-order valence-electron chi connectivity index (χ3n) is 5.78. The fourth-order valence-electron chi connectivity index (χ4n) is 4.13. The van der Waals surface area contributed by atoms with Gasteiger partial charge in [-0.1, -0.05) is 18.2 Å². The highest BCUT2D eigenvalue weighted by molar-refractivity contribution is 7.89. The van der Waals surface area contributed by atoms with E-state index in [4.69, 9.17) is 0 Å². The van der Waals surface area contributed by atoms with Crippen LogP contribution in [-0.4, -0.2) is 59.6 Å². The minimum atomic E-state index is -4.15. The lowest BCUT2D eigenvalue weighted by Crippen LogP contribution is -2.52. The fourth-order valence-corrected chi connectivity index (χ4v) is 5.78. The van der Waals surface area contributed by atoms with E-state index in [9.17, 15) is 32.3 Å². The molecule has 0 saturated carbocycles.